The maximum absolute atomic E-state index is 12.3. The highest BCUT2D eigenvalue weighted by atomic mass is 35.5. The van der Waals surface area contributed by atoms with Crippen LogP contribution in [0, 0.1) is 5.92 Å². The summed E-state index contributed by atoms with van der Waals surface area (Å²) < 4.78 is 10.8. The fraction of sp³-hybridized carbons (Fsp3) is 0.429. The summed E-state index contributed by atoms with van der Waals surface area (Å²) in [7, 11) is 0. The highest BCUT2D eigenvalue weighted by Crippen LogP contribution is 2.38. The van der Waals surface area contributed by atoms with Gasteiger partial charge in [0.25, 0.3) is 5.91 Å². The van der Waals surface area contributed by atoms with Crippen molar-refractivity contribution in [3.63, 3.8) is 0 Å². The van der Waals surface area contributed by atoms with E-state index in [0.717, 1.165) is 11.1 Å². The van der Waals surface area contributed by atoms with Crippen LogP contribution in [0.25, 0.3) is 0 Å². The van der Waals surface area contributed by atoms with E-state index in [-0.39, 0.29) is 24.5 Å². The molecular weight excluding hydrogens is 438 g/mol. The van der Waals surface area contributed by atoms with Gasteiger partial charge in [-0.05, 0) is 48.7 Å². The number of rotatable bonds is 6. The Morgan fingerprint density at radius 1 is 1.31 bits per heavy atom. The monoisotopic (exact) mass is 459 g/mol. The van der Waals surface area contributed by atoms with E-state index in [2.05, 4.69) is 20.6 Å². The van der Waals surface area contributed by atoms with E-state index in [4.69, 9.17) is 21.1 Å². The Hall–Kier alpha value is -2.95. The van der Waals surface area contributed by atoms with E-state index in [0.29, 0.717) is 55.0 Å². The number of aliphatic hydroxyl groups excluding tert-OH is 1. The van der Waals surface area contributed by atoms with E-state index < -0.39 is 12.2 Å². The van der Waals surface area contributed by atoms with Crippen molar-refractivity contribution in [1.82, 2.24) is 15.3 Å². The molecule has 0 bridgehead atoms. The maximum Gasteiger partial charge on any atom is 0.415 e. The van der Waals surface area contributed by atoms with Crippen molar-refractivity contribution in [2.45, 2.75) is 25.0 Å². The molecular formula is C21H22ClN5O5. The fourth-order valence-corrected chi connectivity index (χ4v) is 4.53. The molecule has 0 spiro atoms. The lowest BCUT2D eigenvalue weighted by Gasteiger charge is -2.19. The number of ether oxygens (including phenoxy) is 2. The topological polar surface area (TPSA) is 126 Å². The van der Waals surface area contributed by atoms with Crippen LogP contribution in [0.2, 0.25) is 5.15 Å². The van der Waals surface area contributed by atoms with Crippen molar-refractivity contribution in [3.8, 4) is 5.75 Å². The fourth-order valence-electron chi connectivity index (χ4n) is 4.28. The molecule has 168 valence electrons. The molecule has 1 aliphatic carbocycles. The van der Waals surface area contributed by atoms with Crippen LogP contribution in [0.1, 0.15) is 23.7 Å². The average molecular weight is 460 g/mol. The van der Waals surface area contributed by atoms with Gasteiger partial charge in [-0.15, -0.1) is 0 Å². The molecule has 5 rings (SSSR count). The Morgan fingerprint density at radius 2 is 2.19 bits per heavy atom. The van der Waals surface area contributed by atoms with E-state index >= 15 is 0 Å². The first-order chi connectivity index (χ1) is 15.5. The number of carbonyl (C=O) groups is 2. The molecule has 2 amide bonds. The first-order valence-electron chi connectivity index (χ1n) is 10.4. The van der Waals surface area contributed by atoms with Crippen molar-refractivity contribution < 1.29 is 24.2 Å². The van der Waals surface area contributed by atoms with Crippen molar-refractivity contribution in [2.75, 3.05) is 36.5 Å². The average Bonchev–Trinajstić information content (AvgIpc) is 3.31. The molecule has 3 aliphatic rings. The molecule has 2 aromatic heterocycles. The van der Waals surface area contributed by atoms with Crippen LogP contribution in [0.3, 0.4) is 0 Å². The quantitative estimate of drug-likeness (QED) is 0.440. The van der Waals surface area contributed by atoms with Gasteiger partial charge < -0.3 is 25.2 Å². The van der Waals surface area contributed by atoms with Crippen LogP contribution >= 0.6 is 11.6 Å². The SMILES string of the molecule is O=C1COc2ccc(N3CC(CCNCC4Cc5c(ccnc5Cl)C4O)OC3=O)nc2N1. The number of halogens is 1. The van der Waals surface area contributed by atoms with E-state index in [1.54, 1.807) is 18.3 Å². The minimum absolute atomic E-state index is 0.0199. The zero-order chi connectivity index (χ0) is 22.2. The number of hydrogen-bond acceptors (Lipinski definition) is 8. The number of anilines is 2. The molecule has 4 heterocycles. The minimum atomic E-state index is -0.572. The summed E-state index contributed by atoms with van der Waals surface area (Å²) in [6.45, 7) is 1.55. The number of amides is 2. The van der Waals surface area contributed by atoms with Crippen LogP contribution in [-0.4, -0.2) is 59.4 Å². The predicted octanol–water partition coefficient (Wildman–Crippen LogP) is 1.67. The number of hydrogen-bond donors (Lipinski definition) is 3. The lowest BCUT2D eigenvalue weighted by Crippen LogP contribution is -2.30. The number of aromatic nitrogens is 2. The molecule has 1 saturated heterocycles. The number of carbonyl (C=O) groups excluding carboxylic acids is 2. The Labute approximate surface area is 188 Å². The van der Waals surface area contributed by atoms with Gasteiger partial charge in [0.2, 0.25) is 0 Å². The van der Waals surface area contributed by atoms with E-state index in [9.17, 15) is 14.7 Å². The summed E-state index contributed by atoms with van der Waals surface area (Å²) in [4.78, 5) is 33.7. The van der Waals surface area contributed by atoms with Gasteiger partial charge in [-0.25, -0.2) is 14.8 Å². The van der Waals surface area contributed by atoms with Gasteiger partial charge in [-0.2, -0.15) is 0 Å². The second-order valence-corrected chi connectivity index (χ2v) is 8.40. The number of pyridine rings is 2. The Balaban J connectivity index is 1.12. The number of nitrogens with one attached hydrogen (secondary N) is 2. The third-order valence-corrected chi connectivity index (χ3v) is 6.26. The van der Waals surface area contributed by atoms with Crippen molar-refractivity contribution in [1.29, 1.82) is 0 Å². The Bertz CT molecular complexity index is 1070. The summed E-state index contributed by atoms with van der Waals surface area (Å²) in [6, 6.07) is 5.15. The largest absolute Gasteiger partial charge is 0.480 e. The Kier molecular flexibility index (Phi) is 5.58. The third kappa shape index (κ3) is 3.96. The summed E-state index contributed by atoms with van der Waals surface area (Å²) in [5.74, 6) is 0.890. The van der Waals surface area contributed by atoms with Gasteiger partial charge in [0.15, 0.2) is 18.2 Å². The molecule has 32 heavy (non-hydrogen) atoms. The van der Waals surface area contributed by atoms with Gasteiger partial charge >= 0.3 is 6.09 Å². The second-order valence-electron chi connectivity index (χ2n) is 8.04. The van der Waals surface area contributed by atoms with Crippen LogP contribution in [0.5, 0.6) is 5.75 Å². The number of cyclic esters (lactones) is 1. The van der Waals surface area contributed by atoms with Crippen LogP contribution in [-0.2, 0) is 16.0 Å². The van der Waals surface area contributed by atoms with Crippen molar-refractivity contribution in [2.24, 2.45) is 5.92 Å². The summed E-state index contributed by atoms with van der Waals surface area (Å²) in [5.41, 5.74) is 1.75. The highest BCUT2D eigenvalue weighted by molar-refractivity contribution is 6.30. The molecule has 10 nitrogen and oxygen atoms in total. The minimum Gasteiger partial charge on any atom is -0.480 e. The first kappa shape index (κ1) is 20.9. The lowest BCUT2D eigenvalue weighted by molar-refractivity contribution is -0.118. The number of nitrogens with zero attached hydrogens (tertiary/aromatic N) is 3. The zero-order valence-corrected chi connectivity index (χ0v) is 17.8. The number of aliphatic hydroxyl groups is 1. The smallest absolute Gasteiger partial charge is 0.415 e. The molecule has 3 N–H and O–H groups in total. The predicted molar refractivity (Wildman–Crippen MR) is 115 cm³/mol. The molecule has 3 unspecified atom stereocenters. The molecule has 11 heteroatoms. The molecule has 1 fully saturated rings. The lowest BCUT2D eigenvalue weighted by atomic mass is 10.0. The van der Waals surface area contributed by atoms with Crippen LogP contribution < -0.4 is 20.3 Å². The van der Waals surface area contributed by atoms with Crippen molar-refractivity contribution in [3.05, 3.63) is 40.7 Å². The van der Waals surface area contributed by atoms with Crippen LogP contribution in [0.15, 0.2) is 24.4 Å². The molecule has 3 atom stereocenters. The maximum atomic E-state index is 12.3. The van der Waals surface area contributed by atoms with E-state index in [1.807, 2.05) is 6.07 Å². The van der Waals surface area contributed by atoms with Gasteiger partial charge in [0, 0.05) is 18.7 Å². The van der Waals surface area contributed by atoms with Gasteiger partial charge in [0.05, 0.1) is 12.6 Å². The standard InChI is InChI=1S/C21H22ClN5O5/c22-19-14-7-11(18(29)13(14)4-6-24-19)8-23-5-3-12-9-27(21(30)32-12)16-2-1-15-20(25-16)26-17(28)10-31-15/h1-2,4,6,11-12,18,23,29H,3,5,7-10H2,(H,25,26,28). The molecule has 0 aromatic carbocycles. The highest BCUT2D eigenvalue weighted by Gasteiger charge is 2.35. The molecule has 0 radical (unpaired) electrons. The summed E-state index contributed by atoms with van der Waals surface area (Å²) >= 11 is 6.14. The normalized spacial score (nSPS) is 23.9. The summed E-state index contributed by atoms with van der Waals surface area (Å²) in [6.07, 6.45) is 1.56. The van der Waals surface area contributed by atoms with Gasteiger partial charge in [-0.3, -0.25) is 9.69 Å². The second kappa shape index (κ2) is 8.53. The Morgan fingerprint density at radius 3 is 3.03 bits per heavy atom. The summed E-state index contributed by atoms with van der Waals surface area (Å²) in [5, 5.41) is 17.0. The van der Waals surface area contributed by atoms with E-state index in [1.165, 1.54) is 4.90 Å². The zero-order valence-electron chi connectivity index (χ0n) is 17.1. The molecule has 0 saturated carbocycles. The van der Waals surface area contributed by atoms with Crippen LogP contribution in [0.4, 0.5) is 16.4 Å². The van der Waals surface area contributed by atoms with Gasteiger partial charge in [0.1, 0.15) is 17.1 Å². The third-order valence-electron chi connectivity index (χ3n) is 5.93. The number of fused-ring (bicyclic) bond motifs is 2. The van der Waals surface area contributed by atoms with Crippen molar-refractivity contribution >= 4 is 35.2 Å². The van der Waals surface area contributed by atoms with Gasteiger partial charge in [-0.1, -0.05) is 11.6 Å². The first-order valence-corrected chi connectivity index (χ1v) is 10.8. The molecule has 2 aromatic rings. The molecule has 2 aliphatic heterocycles.